The van der Waals surface area contributed by atoms with E-state index in [0.717, 1.165) is 44.7 Å². The maximum absolute atomic E-state index is 11.9. The number of aryl methyl sites for hydroxylation is 1. The molecule has 168 valence electrons. The SMILES string of the molecule is CNc1nc2[nH]c(-c3ccc(CNC(=O)CCCS(N)(=O)=O)cc3)cc2c2c1ncn2C. The zero-order valence-electron chi connectivity index (χ0n) is 17.8. The van der Waals surface area contributed by atoms with Crippen LogP contribution in [-0.2, 0) is 28.4 Å². The number of hydrogen-bond acceptors (Lipinski definition) is 6. The van der Waals surface area contributed by atoms with Crippen molar-refractivity contribution < 1.29 is 13.2 Å². The number of anilines is 1. The van der Waals surface area contributed by atoms with Gasteiger partial charge in [-0.2, -0.15) is 0 Å². The van der Waals surface area contributed by atoms with Gasteiger partial charge in [0.2, 0.25) is 15.9 Å². The molecule has 32 heavy (non-hydrogen) atoms. The van der Waals surface area contributed by atoms with Crippen molar-refractivity contribution in [1.82, 2.24) is 24.8 Å². The quantitative estimate of drug-likeness (QED) is 0.319. The number of carbonyl (C=O) groups excluding carboxylic acids is 1. The normalized spacial score (nSPS) is 11.8. The van der Waals surface area contributed by atoms with Crippen molar-refractivity contribution in [3.63, 3.8) is 0 Å². The fraction of sp³-hybridized carbons (Fsp3) is 0.286. The molecule has 0 bridgehead atoms. The molecular formula is C21H25N7O3S. The lowest BCUT2D eigenvalue weighted by atomic mass is 10.1. The first-order valence-electron chi connectivity index (χ1n) is 10.1. The van der Waals surface area contributed by atoms with Crippen molar-refractivity contribution in [3.05, 3.63) is 42.2 Å². The molecule has 3 heterocycles. The highest BCUT2D eigenvalue weighted by molar-refractivity contribution is 7.89. The average molecular weight is 456 g/mol. The lowest BCUT2D eigenvalue weighted by Crippen LogP contribution is -2.24. The minimum atomic E-state index is -3.54. The predicted molar refractivity (Wildman–Crippen MR) is 124 cm³/mol. The average Bonchev–Trinajstić information content (AvgIpc) is 3.34. The van der Waals surface area contributed by atoms with Crippen LogP contribution in [0.2, 0.25) is 0 Å². The first-order chi connectivity index (χ1) is 15.2. The van der Waals surface area contributed by atoms with Crippen molar-refractivity contribution in [2.24, 2.45) is 12.2 Å². The maximum atomic E-state index is 11.9. The summed E-state index contributed by atoms with van der Waals surface area (Å²) in [7, 11) is 0.241. The third-order valence-corrected chi connectivity index (χ3v) is 6.12. The number of hydrogen-bond donors (Lipinski definition) is 4. The van der Waals surface area contributed by atoms with Crippen LogP contribution in [-0.4, -0.2) is 46.6 Å². The number of nitrogens with two attached hydrogens (primary N) is 1. The Morgan fingerprint density at radius 1 is 1.25 bits per heavy atom. The van der Waals surface area contributed by atoms with Crippen LogP contribution in [0.5, 0.6) is 0 Å². The van der Waals surface area contributed by atoms with Crippen molar-refractivity contribution in [3.8, 4) is 11.3 Å². The number of primary sulfonamides is 1. The topological polar surface area (TPSA) is 148 Å². The zero-order valence-corrected chi connectivity index (χ0v) is 18.7. The van der Waals surface area contributed by atoms with Gasteiger partial charge in [0.1, 0.15) is 11.2 Å². The number of aromatic nitrogens is 4. The Labute approximate surface area is 185 Å². The molecule has 4 aromatic rings. The molecule has 0 aliphatic heterocycles. The van der Waals surface area contributed by atoms with Crippen LogP contribution in [0.15, 0.2) is 36.7 Å². The number of benzene rings is 1. The van der Waals surface area contributed by atoms with E-state index in [0.29, 0.717) is 6.54 Å². The van der Waals surface area contributed by atoms with Gasteiger partial charge in [0.15, 0.2) is 5.82 Å². The molecular weight excluding hydrogens is 430 g/mol. The number of fused-ring (bicyclic) bond motifs is 3. The second kappa shape index (κ2) is 8.60. The maximum Gasteiger partial charge on any atom is 0.220 e. The van der Waals surface area contributed by atoms with Gasteiger partial charge < -0.3 is 20.2 Å². The van der Waals surface area contributed by atoms with Crippen LogP contribution in [0.1, 0.15) is 18.4 Å². The van der Waals surface area contributed by atoms with E-state index >= 15 is 0 Å². The summed E-state index contributed by atoms with van der Waals surface area (Å²) in [5, 5.41) is 11.8. The fourth-order valence-electron chi connectivity index (χ4n) is 3.65. The van der Waals surface area contributed by atoms with Gasteiger partial charge in [-0.3, -0.25) is 4.79 Å². The number of H-pyrrole nitrogens is 1. The van der Waals surface area contributed by atoms with Crippen LogP contribution >= 0.6 is 0 Å². The smallest absolute Gasteiger partial charge is 0.220 e. The molecule has 11 heteroatoms. The summed E-state index contributed by atoms with van der Waals surface area (Å²) >= 11 is 0. The number of sulfonamides is 1. The Balaban J connectivity index is 1.48. The van der Waals surface area contributed by atoms with Gasteiger partial charge in [0, 0.05) is 38.1 Å². The van der Waals surface area contributed by atoms with Crippen LogP contribution in [0.25, 0.3) is 33.3 Å². The zero-order chi connectivity index (χ0) is 22.9. The lowest BCUT2D eigenvalue weighted by molar-refractivity contribution is -0.121. The number of imidazole rings is 1. The highest BCUT2D eigenvalue weighted by atomic mass is 32.2. The van der Waals surface area contributed by atoms with Gasteiger partial charge in [0.25, 0.3) is 0 Å². The Morgan fingerprint density at radius 3 is 2.69 bits per heavy atom. The molecule has 0 saturated carbocycles. The van der Waals surface area contributed by atoms with Gasteiger partial charge in [0.05, 0.1) is 17.6 Å². The highest BCUT2D eigenvalue weighted by Crippen LogP contribution is 2.31. The molecule has 10 nitrogen and oxygen atoms in total. The Morgan fingerprint density at radius 2 is 2.00 bits per heavy atom. The van der Waals surface area contributed by atoms with Gasteiger partial charge >= 0.3 is 0 Å². The second-order valence-corrected chi connectivity index (χ2v) is 9.39. The minimum absolute atomic E-state index is 0.119. The molecule has 0 saturated heterocycles. The molecule has 0 aliphatic carbocycles. The Hall–Kier alpha value is -3.44. The fourth-order valence-corrected chi connectivity index (χ4v) is 4.20. The molecule has 0 radical (unpaired) electrons. The first kappa shape index (κ1) is 21.8. The monoisotopic (exact) mass is 455 g/mol. The van der Waals surface area contributed by atoms with E-state index in [1.165, 1.54) is 0 Å². The van der Waals surface area contributed by atoms with E-state index in [9.17, 15) is 13.2 Å². The van der Waals surface area contributed by atoms with Gasteiger partial charge in [-0.05, 0) is 23.6 Å². The van der Waals surface area contributed by atoms with Crippen molar-refractivity contribution in [1.29, 1.82) is 0 Å². The predicted octanol–water partition coefficient (Wildman–Crippen LogP) is 1.84. The van der Waals surface area contributed by atoms with E-state index in [4.69, 9.17) is 5.14 Å². The number of nitrogens with one attached hydrogen (secondary N) is 3. The Bertz CT molecular complexity index is 1390. The third-order valence-electron chi connectivity index (χ3n) is 5.26. The molecule has 1 aromatic carbocycles. The number of pyridine rings is 1. The number of carbonyl (C=O) groups is 1. The molecule has 0 unspecified atom stereocenters. The summed E-state index contributed by atoms with van der Waals surface area (Å²) in [6, 6.07) is 9.91. The molecule has 0 spiro atoms. The molecule has 0 aliphatic rings. The molecule has 5 N–H and O–H groups in total. The third kappa shape index (κ3) is 4.58. The van der Waals surface area contributed by atoms with Gasteiger partial charge in [-0.25, -0.2) is 23.5 Å². The summed E-state index contributed by atoms with van der Waals surface area (Å²) in [6.07, 6.45) is 2.10. The summed E-state index contributed by atoms with van der Waals surface area (Å²) in [6.45, 7) is 0.365. The lowest BCUT2D eigenvalue weighted by Gasteiger charge is -2.06. The van der Waals surface area contributed by atoms with Crippen LogP contribution in [0.4, 0.5) is 5.82 Å². The Kier molecular flexibility index (Phi) is 5.85. The molecule has 1 amide bonds. The largest absolute Gasteiger partial charge is 0.371 e. The van der Waals surface area contributed by atoms with Crippen LogP contribution in [0, 0.1) is 0 Å². The van der Waals surface area contributed by atoms with Gasteiger partial charge in [-0.1, -0.05) is 24.3 Å². The van der Waals surface area contributed by atoms with E-state index in [-0.39, 0.29) is 24.5 Å². The number of aromatic amines is 1. The molecule has 4 rings (SSSR count). The van der Waals surface area contributed by atoms with E-state index < -0.39 is 10.0 Å². The summed E-state index contributed by atoms with van der Waals surface area (Å²) < 4.78 is 23.8. The highest BCUT2D eigenvalue weighted by Gasteiger charge is 2.15. The number of amides is 1. The van der Waals surface area contributed by atoms with E-state index in [1.807, 2.05) is 42.9 Å². The number of rotatable bonds is 8. The van der Waals surface area contributed by atoms with E-state index in [1.54, 1.807) is 6.33 Å². The molecule has 0 atom stereocenters. The van der Waals surface area contributed by atoms with Crippen LogP contribution < -0.4 is 15.8 Å². The minimum Gasteiger partial charge on any atom is -0.371 e. The molecule has 0 fully saturated rings. The molecule has 3 aromatic heterocycles. The van der Waals surface area contributed by atoms with Crippen molar-refractivity contribution >= 4 is 43.8 Å². The summed E-state index contributed by atoms with van der Waals surface area (Å²) in [5.41, 5.74) is 5.46. The number of nitrogens with zero attached hydrogens (tertiary/aromatic N) is 3. The van der Waals surface area contributed by atoms with E-state index in [2.05, 4.69) is 31.7 Å². The summed E-state index contributed by atoms with van der Waals surface area (Å²) in [4.78, 5) is 24.4. The first-order valence-corrected chi connectivity index (χ1v) is 11.8. The summed E-state index contributed by atoms with van der Waals surface area (Å²) in [5.74, 6) is 0.312. The second-order valence-electron chi connectivity index (χ2n) is 7.65. The van der Waals surface area contributed by atoms with Gasteiger partial charge in [-0.15, -0.1) is 0 Å². The van der Waals surface area contributed by atoms with Crippen LogP contribution in [0.3, 0.4) is 0 Å². The van der Waals surface area contributed by atoms with Crippen molar-refractivity contribution in [2.45, 2.75) is 19.4 Å². The standard InChI is InChI=1S/C21H25N7O3S/c1-23-21-18-19(28(2)12-25-18)15-10-16(26-20(15)27-21)14-7-5-13(6-8-14)11-24-17(29)4-3-9-32(22,30)31/h5-8,10,12H,3-4,9,11H2,1-2H3,(H,24,29)(H2,22,30,31)(H2,23,26,27). The van der Waals surface area contributed by atoms with Crippen molar-refractivity contribution in [2.75, 3.05) is 18.1 Å².